The summed E-state index contributed by atoms with van der Waals surface area (Å²) in [7, 11) is 1.96. The smallest absolute Gasteiger partial charge is 0.214 e. The highest BCUT2D eigenvalue weighted by atomic mass is 19.1. The summed E-state index contributed by atoms with van der Waals surface area (Å²) in [5.74, 6) is -0.436. The average Bonchev–Trinajstić information content (AvgIpc) is 2.37. The number of likely N-dealkylation sites (N-methyl/N-ethyl adjacent to an activating group) is 1. The summed E-state index contributed by atoms with van der Waals surface area (Å²) in [6.45, 7) is 0.855. The number of hydrogen-bond donors (Lipinski definition) is 0. The Kier molecular flexibility index (Phi) is 3.70. The summed E-state index contributed by atoms with van der Waals surface area (Å²) in [5.41, 5.74) is 2.14. The Morgan fingerprint density at radius 1 is 1.18 bits per heavy atom. The molecule has 0 amide bonds. The minimum Gasteiger partial charge on any atom is -0.374 e. The predicted octanol–water partition coefficient (Wildman–Crippen LogP) is 2.90. The first-order valence-electron chi connectivity index (χ1n) is 5.62. The van der Waals surface area contributed by atoms with Crippen LogP contribution in [0.5, 0.6) is 0 Å². The summed E-state index contributed by atoms with van der Waals surface area (Å²) < 4.78 is 13.0. The van der Waals surface area contributed by atoms with Crippen LogP contribution >= 0.6 is 0 Å². The van der Waals surface area contributed by atoms with E-state index in [1.165, 1.54) is 17.8 Å². The molecule has 0 aliphatic heterocycles. The molecule has 1 aromatic carbocycles. The third-order valence-electron chi connectivity index (χ3n) is 2.73. The second-order valence-corrected chi connectivity index (χ2v) is 3.99. The molecule has 0 N–H and O–H groups in total. The van der Waals surface area contributed by atoms with Gasteiger partial charge >= 0.3 is 0 Å². The molecule has 17 heavy (non-hydrogen) atoms. The van der Waals surface area contributed by atoms with Gasteiger partial charge in [0.25, 0.3) is 0 Å². The van der Waals surface area contributed by atoms with Gasteiger partial charge in [-0.3, -0.25) is 0 Å². The highest BCUT2D eigenvalue weighted by molar-refractivity contribution is 5.44. The Hall–Kier alpha value is -1.90. The molecule has 2 rings (SSSR count). The lowest BCUT2D eigenvalue weighted by molar-refractivity contribution is 0.583. The van der Waals surface area contributed by atoms with E-state index in [2.05, 4.69) is 17.1 Å². The van der Waals surface area contributed by atoms with Gasteiger partial charge in [0.2, 0.25) is 5.95 Å². The van der Waals surface area contributed by atoms with Crippen molar-refractivity contribution in [3.05, 3.63) is 60.2 Å². The maximum atomic E-state index is 13.0. The van der Waals surface area contributed by atoms with Crippen molar-refractivity contribution in [2.75, 3.05) is 18.5 Å². The summed E-state index contributed by atoms with van der Waals surface area (Å²) in [4.78, 5) is 5.57. The lowest BCUT2D eigenvalue weighted by Crippen LogP contribution is -2.20. The van der Waals surface area contributed by atoms with Gasteiger partial charge in [0.15, 0.2) is 0 Å². The molecule has 0 fully saturated rings. The SMILES string of the molecule is CN(CCc1ccccc1)c1ccnc(F)c1. The molecule has 0 spiro atoms. The van der Waals surface area contributed by atoms with E-state index in [4.69, 9.17) is 0 Å². The molecule has 3 heteroatoms. The van der Waals surface area contributed by atoms with Crippen LogP contribution in [0.25, 0.3) is 0 Å². The van der Waals surface area contributed by atoms with Crippen LogP contribution in [0.1, 0.15) is 5.56 Å². The predicted molar refractivity (Wildman–Crippen MR) is 67.6 cm³/mol. The minimum absolute atomic E-state index is 0.436. The van der Waals surface area contributed by atoms with Crippen LogP contribution in [0.15, 0.2) is 48.7 Å². The number of hydrogen-bond acceptors (Lipinski definition) is 2. The molecule has 2 nitrogen and oxygen atoms in total. The fourth-order valence-electron chi connectivity index (χ4n) is 1.70. The van der Waals surface area contributed by atoms with E-state index >= 15 is 0 Å². The molecule has 0 aliphatic rings. The fraction of sp³-hybridized carbons (Fsp3) is 0.214. The topological polar surface area (TPSA) is 16.1 Å². The molecule has 1 aromatic heterocycles. The Morgan fingerprint density at radius 3 is 2.65 bits per heavy atom. The average molecular weight is 230 g/mol. The maximum absolute atomic E-state index is 13.0. The fourth-order valence-corrected chi connectivity index (χ4v) is 1.70. The van der Waals surface area contributed by atoms with E-state index in [1.807, 2.05) is 36.2 Å². The molecule has 1 heterocycles. The first-order chi connectivity index (χ1) is 8.25. The lowest BCUT2D eigenvalue weighted by atomic mass is 10.1. The molecular formula is C14H15FN2. The first kappa shape index (κ1) is 11.6. The van der Waals surface area contributed by atoms with E-state index < -0.39 is 5.95 Å². The van der Waals surface area contributed by atoms with Gasteiger partial charge in [-0.1, -0.05) is 30.3 Å². The van der Waals surface area contributed by atoms with E-state index in [-0.39, 0.29) is 0 Å². The number of benzene rings is 1. The molecule has 0 unspecified atom stereocenters. The molecule has 0 bridgehead atoms. The lowest BCUT2D eigenvalue weighted by Gasteiger charge is -2.18. The zero-order chi connectivity index (χ0) is 12.1. The van der Waals surface area contributed by atoms with Gasteiger partial charge in [-0.2, -0.15) is 4.39 Å². The zero-order valence-electron chi connectivity index (χ0n) is 9.81. The number of anilines is 1. The van der Waals surface area contributed by atoms with E-state index in [9.17, 15) is 4.39 Å². The van der Waals surface area contributed by atoms with E-state index in [0.717, 1.165) is 18.7 Å². The monoisotopic (exact) mass is 230 g/mol. The molecule has 0 atom stereocenters. The van der Waals surface area contributed by atoms with Crippen LogP contribution in [0, 0.1) is 5.95 Å². The molecular weight excluding hydrogens is 215 g/mol. The third-order valence-corrected chi connectivity index (χ3v) is 2.73. The highest BCUT2D eigenvalue weighted by Crippen LogP contribution is 2.12. The number of aromatic nitrogens is 1. The second-order valence-electron chi connectivity index (χ2n) is 3.99. The summed E-state index contributed by atoms with van der Waals surface area (Å²) in [6, 6.07) is 13.5. The number of pyridine rings is 1. The molecule has 88 valence electrons. The van der Waals surface area contributed by atoms with Crippen LogP contribution in [0.4, 0.5) is 10.1 Å². The van der Waals surface area contributed by atoms with Crippen LogP contribution < -0.4 is 4.90 Å². The summed E-state index contributed by atoms with van der Waals surface area (Å²) >= 11 is 0. The van der Waals surface area contributed by atoms with Crippen LogP contribution in [-0.2, 0) is 6.42 Å². The standard InChI is InChI=1S/C14H15FN2/c1-17(13-7-9-16-14(15)11-13)10-8-12-5-3-2-4-6-12/h2-7,9,11H,8,10H2,1H3. The quantitative estimate of drug-likeness (QED) is 0.751. The van der Waals surface area contributed by atoms with Gasteiger partial charge in [0.05, 0.1) is 0 Å². The second kappa shape index (κ2) is 5.43. The van der Waals surface area contributed by atoms with Gasteiger partial charge in [-0.05, 0) is 18.1 Å². The molecule has 0 saturated heterocycles. The normalized spacial score (nSPS) is 10.2. The molecule has 0 radical (unpaired) electrons. The van der Waals surface area contributed by atoms with Crippen molar-refractivity contribution in [1.82, 2.24) is 4.98 Å². The van der Waals surface area contributed by atoms with Crippen molar-refractivity contribution in [3.8, 4) is 0 Å². The number of halogens is 1. The van der Waals surface area contributed by atoms with Gasteiger partial charge in [0, 0.05) is 31.5 Å². The van der Waals surface area contributed by atoms with Crippen molar-refractivity contribution in [3.63, 3.8) is 0 Å². The first-order valence-corrected chi connectivity index (χ1v) is 5.62. The van der Waals surface area contributed by atoms with E-state index in [0.29, 0.717) is 0 Å². The number of rotatable bonds is 4. The Balaban J connectivity index is 1.96. The van der Waals surface area contributed by atoms with Crippen LogP contribution in [0.3, 0.4) is 0 Å². The van der Waals surface area contributed by atoms with Crippen molar-refractivity contribution in [1.29, 1.82) is 0 Å². The van der Waals surface area contributed by atoms with Gasteiger partial charge < -0.3 is 4.90 Å². The van der Waals surface area contributed by atoms with Crippen LogP contribution in [0.2, 0.25) is 0 Å². The highest BCUT2D eigenvalue weighted by Gasteiger charge is 2.02. The molecule has 0 saturated carbocycles. The molecule has 2 aromatic rings. The Bertz CT molecular complexity index is 471. The summed E-state index contributed by atoms with van der Waals surface area (Å²) in [5, 5.41) is 0. The third kappa shape index (κ3) is 3.28. The Morgan fingerprint density at radius 2 is 1.94 bits per heavy atom. The zero-order valence-corrected chi connectivity index (χ0v) is 9.81. The largest absolute Gasteiger partial charge is 0.374 e. The van der Waals surface area contributed by atoms with Crippen molar-refractivity contribution in [2.24, 2.45) is 0 Å². The van der Waals surface area contributed by atoms with Gasteiger partial charge in [0.1, 0.15) is 0 Å². The van der Waals surface area contributed by atoms with Crippen molar-refractivity contribution < 1.29 is 4.39 Å². The van der Waals surface area contributed by atoms with Crippen molar-refractivity contribution >= 4 is 5.69 Å². The van der Waals surface area contributed by atoms with Crippen LogP contribution in [-0.4, -0.2) is 18.6 Å². The number of nitrogens with zero attached hydrogens (tertiary/aromatic N) is 2. The maximum Gasteiger partial charge on any atom is 0.214 e. The minimum atomic E-state index is -0.436. The summed E-state index contributed by atoms with van der Waals surface area (Å²) in [6.07, 6.45) is 2.44. The van der Waals surface area contributed by atoms with Crippen molar-refractivity contribution in [2.45, 2.75) is 6.42 Å². The molecule has 0 aliphatic carbocycles. The van der Waals surface area contributed by atoms with E-state index in [1.54, 1.807) is 0 Å². The van der Waals surface area contributed by atoms with Gasteiger partial charge in [-0.15, -0.1) is 0 Å². The van der Waals surface area contributed by atoms with Gasteiger partial charge in [-0.25, -0.2) is 4.98 Å². The Labute approximate surface area is 101 Å².